The summed E-state index contributed by atoms with van der Waals surface area (Å²) in [6.07, 6.45) is 7.24. The second-order valence-corrected chi connectivity index (χ2v) is 9.01. The van der Waals surface area contributed by atoms with Gasteiger partial charge < -0.3 is 4.90 Å². The summed E-state index contributed by atoms with van der Waals surface area (Å²) in [7, 11) is 0. The van der Waals surface area contributed by atoms with Crippen LogP contribution in [0.3, 0.4) is 0 Å². The first kappa shape index (κ1) is 16.6. The summed E-state index contributed by atoms with van der Waals surface area (Å²) >= 11 is 1.27. The molecule has 1 saturated carbocycles. The van der Waals surface area contributed by atoms with Gasteiger partial charge in [-0.25, -0.2) is 0 Å². The molecule has 6 heteroatoms. The highest BCUT2D eigenvalue weighted by Gasteiger charge is 2.48. The van der Waals surface area contributed by atoms with Gasteiger partial charge in [0.05, 0.1) is 17.1 Å². The highest BCUT2D eigenvalue weighted by Crippen LogP contribution is 2.41. The summed E-state index contributed by atoms with van der Waals surface area (Å²) in [5, 5.41) is 0. The Labute approximate surface area is 158 Å². The minimum absolute atomic E-state index is 0.117. The molecule has 2 saturated heterocycles. The first-order valence-electron chi connectivity index (χ1n) is 9.95. The number of carbonyl (C=O) groups is 1. The minimum atomic E-state index is -0.117. The number of fused-ring (bicyclic) bond motifs is 1. The molecule has 5 nitrogen and oxygen atoms in total. The average Bonchev–Trinajstić information content (AvgIpc) is 3.22. The van der Waals surface area contributed by atoms with Gasteiger partial charge in [0.1, 0.15) is 11.0 Å². The normalized spacial score (nSPS) is 27.5. The second-order valence-electron chi connectivity index (χ2n) is 8.48. The molecule has 0 unspecified atom stereocenters. The van der Waals surface area contributed by atoms with Gasteiger partial charge >= 0.3 is 0 Å². The van der Waals surface area contributed by atoms with Crippen molar-refractivity contribution in [1.82, 2.24) is 18.5 Å². The second kappa shape index (κ2) is 6.57. The van der Waals surface area contributed by atoms with Crippen LogP contribution in [-0.2, 0) is 11.3 Å². The summed E-state index contributed by atoms with van der Waals surface area (Å²) < 4.78 is 8.63. The predicted molar refractivity (Wildman–Crippen MR) is 103 cm³/mol. The van der Waals surface area contributed by atoms with E-state index in [0.29, 0.717) is 5.91 Å². The average molecular weight is 371 g/mol. The number of likely N-dealkylation sites (tertiary alicyclic amines) is 2. The van der Waals surface area contributed by atoms with Crippen LogP contribution >= 0.6 is 11.7 Å². The van der Waals surface area contributed by atoms with Crippen LogP contribution < -0.4 is 0 Å². The van der Waals surface area contributed by atoms with E-state index in [4.69, 9.17) is 0 Å². The van der Waals surface area contributed by atoms with Gasteiger partial charge in [-0.05, 0) is 62.3 Å². The van der Waals surface area contributed by atoms with Crippen molar-refractivity contribution >= 4 is 28.7 Å². The number of rotatable bonds is 4. The third-order valence-electron chi connectivity index (χ3n) is 6.68. The number of amides is 1. The van der Waals surface area contributed by atoms with E-state index in [1.54, 1.807) is 0 Å². The van der Waals surface area contributed by atoms with Crippen LogP contribution in [0.5, 0.6) is 0 Å². The summed E-state index contributed by atoms with van der Waals surface area (Å²) in [4.78, 5) is 17.9. The Bertz CT molecular complexity index is 817. The molecule has 1 spiro atoms. The molecule has 1 amide bonds. The number of hydrogen-bond acceptors (Lipinski definition) is 5. The first-order chi connectivity index (χ1) is 12.7. The van der Waals surface area contributed by atoms with Gasteiger partial charge in [-0.1, -0.05) is 12.5 Å². The van der Waals surface area contributed by atoms with E-state index in [1.165, 1.54) is 43.0 Å². The van der Waals surface area contributed by atoms with E-state index in [0.717, 1.165) is 62.5 Å². The molecular weight excluding hydrogens is 344 g/mol. The van der Waals surface area contributed by atoms with Crippen molar-refractivity contribution in [3.8, 4) is 0 Å². The standard InChI is InChI=1S/C20H26N4OS/c25-19-20(7-2-9-24(19)13-15-3-1-4-15)8-10-23(14-20)12-16-5-6-17-18(11-16)22-26-21-17/h5-6,11,15H,1-4,7-10,12-14H2/t20-/m1/s1. The van der Waals surface area contributed by atoms with E-state index < -0.39 is 0 Å². The lowest BCUT2D eigenvalue weighted by Crippen LogP contribution is -2.51. The number of carbonyl (C=O) groups excluding carboxylic acids is 1. The van der Waals surface area contributed by atoms with Gasteiger partial charge in [0.2, 0.25) is 5.91 Å². The van der Waals surface area contributed by atoms with E-state index in [1.807, 2.05) is 0 Å². The maximum atomic E-state index is 13.2. The molecule has 5 rings (SSSR count). The van der Waals surface area contributed by atoms with Crippen LogP contribution in [0.2, 0.25) is 0 Å². The lowest BCUT2D eigenvalue weighted by Gasteiger charge is -2.42. The number of nitrogens with zero attached hydrogens (tertiary/aromatic N) is 4. The van der Waals surface area contributed by atoms with E-state index in [-0.39, 0.29) is 5.41 Å². The Kier molecular flexibility index (Phi) is 4.20. The number of benzene rings is 1. The van der Waals surface area contributed by atoms with Gasteiger partial charge in [-0.15, -0.1) is 0 Å². The zero-order chi connectivity index (χ0) is 17.6. The highest BCUT2D eigenvalue weighted by molar-refractivity contribution is 7.00. The molecule has 0 N–H and O–H groups in total. The number of hydrogen-bond donors (Lipinski definition) is 0. The molecule has 1 aliphatic carbocycles. The third kappa shape index (κ3) is 2.93. The van der Waals surface area contributed by atoms with Crippen molar-refractivity contribution in [2.45, 2.75) is 45.1 Å². The summed E-state index contributed by atoms with van der Waals surface area (Å²) in [5.41, 5.74) is 3.12. The summed E-state index contributed by atoms with van der Waals surface area (Å²) in [6.45, 7) is 4.83. The summed E-state index contributed by atoms with van der Waals surface area (Å²) in [6, 6.07) is 6.36. The monoisotopic (exact) mass is 370 g/mol. The minimum Gasteiger partial charge on any atom is -0.342 e. The molecule has 1 atom stereocenters. The van der Waals surface area contributed by atoms with Gasteiger partial charge in [-0.3, -0.25) is 9.69 Å². The Morgan fingerprint density at radius 3 is 2.85 bits per heavy atom. The molecule has 138 valence electrons. The SMILES string of the molecule is O=C1N(CC2CCC2)CCC[C@]12CCN(Cc1ccc3nsnc3c1)C2. The molecule has 2 aromatic rings. The van der Waals surface area contributed by atoms with E-state index in [2.05, 4.69) is 36.7 Å². The van der Waals surface area contributed by atoms with Gasteiger partial charge in [-0.2, -0.15) is 8.75 Å². The Morgan fingerprint density at radius 2 is 2.00 bits per heavy atom. The van der Waals surface area contributed by atoms with Crippen LogP contribution in [0.15, 0.2) is 18.2 Å². The Morgan fingerprint density at radius 1 is 1.12 bits per heavy atom. The van der Waals surface area contributed by atoms with Crippen LogP contribution in [0.4, 0.5) is 0 Å². The highest BCUT2D eigenvalue weighted by atomic mass is 32.1. The van der Waals surface area contributed by atoms with Crippen LogP contribution in [0.1, 0.15) is 44.1 Å². The van der Waals surface area contributed by atoms with Crippen LogP contribution in [-0.4, -0.2) is 50.6 Å². The van der Waals surface area contributed by atoms with Crippen molar-refractivity contribution < 1.29 is 4.79 Å². The van der Waals surface area contributed by atoms with Crippen molar-refractivity contribution in [2.75, 3.05) is 26.2 Å². The summed E-state index contributed by atoms with van der Waals surface area (Å²) in [5.74, 6) is 1.21. The molecule has 1 aromatic heterocycles. The molecule has 3 fully saturated rings. The van der Waals surface area contributed by atoms with Gasteiger partial charge in [0.25, 0.3) is 0 Å². The van der Waals surface area contributed by atoms with Crippen LogP contribution in [0.25, 0.3) is 11.0 Å². The molecule has 3 heterocycles. The van der Waals surface area contributed by atoms with E-state index >= 15 is 0 Å². The topological polar surface area (TPSA) is 49.3 Å². The molecule has 0 radical (unpaired) electrons. The molecule has 1 aromatic carbocycles. The molecule has 0 bridgehead atoms. The smallest absolute Gasteiger partial charge is 0.230 e. The lowest BCUT2D eigenvalue weighted by atomic mass is 9.77. The van der Waals surface area contributed by atoms with Gasteiger partial charge in [0, 0.05) is 26.2 Å². The Hall–Kier alpha value is -1.53. The zero-order valence-electron chi connectivity index (χ0n) is 15.2. The fourth-order valence-corrected chi connectivity index (χ4v) is 5.49. The van der Waals surface area contributed by atoms with Crippen molar-refractivity contribution in [1.29, 1.82) is 0 Å². The van der Waals surface area contributed by atoms with Crippen LogP contribution in [0, 0.1) is 11.3 Å². The lowest BCUT2D eigenvalue weighted by molar-refractivity contribution is -0.146. The fraction of sp³-hybridized carbons (Fsp3) is 0.650. The molecule has 3 aliphatic rings. The molecular formula is C20H26N4OS. The zero-order valence-corrected chi connectivity index (χ0v) is 16.0. The maximum absolute atomic E-state index is 13.2. The Balaban J connectivity index is 1.26. The first-order valence-corrected chi connectivity index (χ1v) is 10.7. The van der Waals surface area contributed by atoms with Crippen molar-refractivity contribution in [3.63, 3.8) is 0 Å². The quantitative estimate of drug-likeness (QED) is 0.828. The molecule has 26 heavy (non-hydrogen) atoms. The third-order valence-corrected chi connectivity index (χ3v) is 7.24. The molecule has 2 aliphatic heterocycles. The number of aromatic nitrogens is 2. The van der Waals surface area contributed by atoms with Crippen molar-refractivity contribution in [3.05, 3.63) is 23.8 Å². The maximum Gasteiger partial charge on any atom is 0.230 e. The van der Waals surface area contributed by atoms with E-state index in [9.17, 15) is 4.79 Å². The largest absolute Gasteiger partial charge is 0.342 e. The fourth-order valence-electron chi connectivity index (χ4n) is 4.97. The van der Waals surface area contributed by atoms with Crippen molar-refractivity contribution in [2.24, 2.45) is 11.3 Å². The predicted octanol–water partition coefficient (Wildman–Crippen LogP) is 3.31. The number of piperidine rings is 1. The van der Waals surface area contributed by atoms with Gasteiger partial charge in [0.15, 0.2) is 0 Å².